The summed E-state index contributed by atoms with van der Waals surface area (Å²) in [4.78, 5) is 15.2. The number of aromatic amines is 1. The van der Waals surface area contributed by atoms with Crippen LogP contribution >= 0.6 is 0 Å². The Bertz CT molecular complexity index is 569. The highest BCUT2D eigenvalue weighted by Crippen LogP contribution is 2.37. The van der Waals surface area contributed by atoms with E-state index in [1.165, 1.54) is 17.5 Å². The molecule has 0 saturated carbocycles. The average Bonchev–Trinajstić information content (AvgIpc) is 2.89. The Balaban J connectivity index is 1.83. The second-order valence-corrected chi connectivity index (χ2v) is 5.86. The van der Waals surface area contributed by atoms with Gasteiger partial charge in [0.1, 0.15) is 0 Å². The number of pyridine rings is 1. The zero-order valence-corrected chi connectivity index (χ0v) is 11.1. The second kappa shape index (κ2) is 4.18. The maximum atomic E-state index is 12.1. The number of hydrogen-bond acceptors (Lipinski definition) is 3. The van der Waals surface area contributed by atoms with Crippen molar-refractivity contribution in [2.45, 2.75) is 50.7 Å². The van der Waals surface area contributed by atoms with E-state index in [0.717, 1.165) is 49.8 Å². The molecule has 4 heteroatoms. The first kappa shape index (κ1) is 11.7. The lowest BCUT2D eigenvalue weighted by Crippen LogP contribution is -2.39. The molecule has 2 aliphatic carbocycles. The standard InChI is InChI=1S/C15H19NO3/c17-14-11-4-2-1-3-10(11)12-9-15(18-7-8-19-15)6-5-13(12)16-14/h1-9H2,(H,16,17). The van der Waals surface area contributed by atoms with Crippen LogP contribution in [0, 0.1) is 0 Å². The van der Waals surface area contributed by atoms with E-state index in [1.807, 2.05) is 0 Å². The Morgan fingerprint density at radius 2 is 1.68 bits per heavy atom. The minimum Gasteiger partial charge on any atom is -0.347 e. The number of aromatic nitrogens is 1. The number of nitrogens with one attached hydrogen (secondary N) is 1. The molecule has 1 N–H and O–H groups in total. The maximum Gasteiger partial charge on any atom is 0.251 e. The third-order valence-electron chi connectivity index (χ3n) is 4.75. The molecule has 19 heavy (non-hydrogen) atoms. The normalized spacial score (nSPS) is 24.2. The van der Waals surface area contributed by atoms with Crippen LogP contribution in [0.1, 0.15) is 41.6 Å². The van der Waals surface area contributed by atoms with Crippen molar-refractivity contribution in [2.24, 2.45) is 0 Å². The largest absolute Gasteiger partial charge is 0.347 e. The first-order chi connectivity index (χ1) is 9.27. The zero-order valence-electron chi connectivity index (χ0n) is 11.1. The number of rotatable bonds is 0. The summed E-state index contributed by atoms with van der Waals surface area (Å²) in [6.45, 7) is 1.39. The van der Waals surface area contributed by atoms with E-state index in [1.54, 1.807) is 0 Å². The lowest BCUT2D eigenvalue weighted by Gasteiger charge is -2.34. The van der Waals surface area contributed by atoms with E-state index in [4.69, 9.17) is 9.47 Å². The summed E-state index contributed by atoms with van der Waals surface area (Å²) in [6.07, 6.45) is 6.81. The van der Waals surface area contributed by atoms with Crippen LogP contribution in [0.2, 0.25) is 0 Å². The molecule has 1 aliphatic heterocycles. The highest BCUT2D eigenvalue weighted by molar-refractivity contribution is 5.40. The Morgan fingerprint density at radius 1 is 0.947 bits per heavy atom. The fourth-order valence-electron chi connectivity index (χ4n) is 3.80. The molecule has 0 bridgehead atoms. The topological polar surface area (TPSA) is 51.3 Å². The molecule has 1 aromatic heterocycles. The second-order valence-electron chi connectivity index (χ2n) is 5.86. The molecular formula is C15H19NO3. The molecule has 0 amide bonds. The van der Waals surface area contributed by atoms with Gasteiger partial charge in [-0.25, -0.2) is 0 Å². The summed E-state index contributed by atoms with van der Waals surface area (Å²) in [6, 6.07) is 0. The summed E-state index contributed by atoms with van der Waals surface area (Å²) < 4.78 is 11.7. The highest BCUT2D eigenvalue weighted by Gasteiger charge is 2.41. The van der Waals surface area contributed by atoms with E-state index in [2.05, 4.69) is 4.98 Å². The molecule has 4 rings (SSSR count). The van der Waals surface area contributed by atoms with Gasteiger partial charge >= 0.3 is 0 Å². The SMILES string of the molecule is O=c1[nH]c2c(c3c1CCCC3)CC1(CC2)OCCO1. The number of H-pyrrole nitrogens is 1. The minimum atomic E-state index is -0.406. The van der Waals surface area contributed by atoms with Crippen LogP contribution in [0.15, 0.2) is 4.79 Å². The Morgan fingerprint density at radius 3 is 2.47 bits per heavy atom. The van der Waals surface area contributed by atoms with Gasteiger partial charge in [-0.05, 0) is 43.2 Å². The molecule has 1 spiro atoms. The molecule has 0 aromatic carbocycles. The van der Waals surface area contributed by atoms with Gasteiger partial charge in [0.2, 0.25) is 0 Å². The molecule has 102 valence electrons. The summed E-state index contributed by atoms with van der Waals surface area (Å²) in [5.74, 6) is -0.406. The van der Waals surface area contributed by atoms with Crippen molar-refractivity contribution < 1.29 is 9.47 Å². The summed E-state index contributed by atoms with van der Waals surface area (Å²) >= 11 is 0. The van der Waals surface area contributed by atoms with Gasteiger partial charge in [-0.15, -0.1) is 0 Å². The van der Waals surface area contributed by atoms with Gasteiger partial charge in [0, 0.05) is 24.1 Å². The molecule has 0 unspecified atom stereocenters. The Hall–Kier alpha value is -1.13. The summed E-state index contributed by atoms with van der Waals surface area (Å²) in [5.41, 5.74) is 4.87. The summed E-state index contributed by atoms with van der Waals surface area (Å²) in [5, 5.41) is 0. The van der Waals surface area contributed by atoms with Gasteiger partial charge in [-0.2, -0.15) is 0 Å². The van der Waals surface area contributed by atoms with E-state index in [0.29, 0.717) is 13.2 Å². The van der Waals surface area contributed by atoms with Gasteiger partial charge in [-0.1, -0.05) is 0 Å². The van der Waals surface area contributed by atoms with Gasteiger partial charge in [0.05, 0.1) is 13.2 Å². The molecule has 0 atom stereocenters. The van der Waals surface area contributed by atoms with Crippen LogP contribution in [-0.4, -0.2) is 24.0 Å². The van der Waals surface area contributed by atoms with Crippen molar-refractivity contribution in [3.8, 4) is 0 Å². The number of aryl methyl sites for hydroxylation is 1. The molecule has 1 saturated heterocycles. The quantitative estimate of drug-likeness (QED) is 0.769. The van der Waals surface area contributed by atoms with Crippen molar-refractivity contribution in [1.82, 2.24) is 4.98 Å². The smallest absolute Gasteiger partial charge is 0.251 e. The van der Waals surface area contributed by atoms with Gasteiger partial charge in [0.25, 0.3) is 5.56 Å². The van der Waals surface area contributed by atoms with E-state index >= 15 is 0 Å². The van der Waals surface area contributed by atoms with Crippen LogP contribution in [0.3, 0.4) is 0 Å². The number of ether oxygens (including phenoxy) is 2. The van der Waals surface area contributed by atoms with Crippen LogP contribution < -0.4 is 5.56 Å². The van der Waals surface area contributed by atoms with Crippen LogP contribution in [0.4, 0.5) is 0 Å². The van der Waals surface area contributed by atoms with Gasteiger partial charge in [0.15, 0.2) is 5.79 Å². The fourth-order valence-corrected chi connectivity index (χ4v) is 3.80. The van der Waals surface area contributed by atoms with Gasteiger partial charge in [-0.3, -0.25) is 4.79 Å². The molecule has 3 aliphatic rings. The average molecular weight is 261 g/mol. The first-order valence-corrected chi connectivity index (χ1v) is 7.31. The third kappa shape index (κ3) is 1.77. The minimum absolute atomic E-state index is 0.137. The number of fused-ring (bicyclic) bond motifs is 3. The van der Waals surface area contributed by atoms with Crippen LogP contribution in [-0.2, 0) is 35.2 Å². The predicted molar refractivity (Wildman–Crippen MR) is 70.4 cm³/mol. The maximum absolute atomic E-state index is 12.1. The molecule has 0 radical (unpaired) electrons. The molecule has 2 heterocycles. The molecule has 1 fully saturated rings. The molecule has 1 aromatic rings. The highest BCUT2D eigenvalue weighted by atomic mass is 16.7. The lowest BCUT2D eigenvalue weighted by atomic mass is 9.81. The molecule has 4 nitrogen and oxygen atoms in total. The van der Waals surface area contributed by atoms with Gasteiger partial charge < -0.3 is 14.5 Å². The van der Waals surface area contributed by atoms with Crippen LogP contribution in [0.25, 0.3) is 0 Å². The van der Waals surface area contributed by atoms with Crippen molar-refractivity contribution in [3.05, 3.63) is 32.7 Å². The monoisotopic (exact) mass is 261 g/mol. The Kier molecular flexibility index (Phi) is 2.57. The first-order valence-electron chi connectivity index (χ1n) is 7.31. The molecular weight excluding hydrogens is 242 g/mol. The van der Waals surface area contributed by atoms with E-state index < -0.39 is 5.79 Å². The zero-order chi connectivity index (χ0) is 12.9. The number of hydrogen-bond donors (Lipinski definition) is 1. The van der Waals surface area contributed by atoms with E-state index in [9.17, 15) is 4.79 Å². The predicted octanol–water partition coefficient (Wildman–Crippen LogP) is 1.49. The fraction of sp³-hybridized carbons (Fsp3) is 0.667. The van der Waals surface area contributed by atoms with Crippen molar-refractivity contribution in [2.75, 3.05) is 13.2 Å². The Labute approximate surface area is 112 Å². The third-order valence-corrected chi connectivity index (χ3v) is 4.75. The summed E-state index contributed by atoms with van der Waals surface area (Å²) in [7, 11) is 0. The lowest BCUT2D eigenvalue weighted by molar-refractivity contribution is -0.164. The van der Waals surface area contributed by atoms with Crippen LogP contribution in [0.5, 0.6) is 0 Å². The van der Waals surface area contributed by atoms with Crippen molar-refractivity contribution in [1.29, 1.82) is 0 Å². The van der Waals surface area contributed by atoms with E-state index in [-0.39, 0.29) is 5.56 Å². The van der Waals surface area contributed by atoms with Crippen molar-refractivity contribution >= 4 is 0 Å². The van der Waals surface area contributed by atoms with Crippen molar-refractivity contribution in [3.63, 3.8) is 0 Å².